The zero-order chi connectivity index (χ0) is 32.6. The van der Waals surface area contributed by atoms with Crippen molar-refractivity contribution in [1.29, 1.82) is 0 Å². The molecule has 2 amide bonds. The van der Waals surface area contributed by atoms with E-state index in [1.54, 1.807) is 38.7 Å². The maximum atomic E-state index is 13.7. The van der Waals surface area contributed by atoms with Crippen molar-refractivity contribution in [3.8, 4) is 11.4 Å². The van der Waals surface area contributed by atoms with E-state index in [4.69, 9.17) is 14.3 Å². The molecule has 2 aromatic rings. The fourth-order valence-corrected chi connectivity index (χ4v) is 4.99. The molecule has 2 saturated heterocycles. The van der Waals surface area contributed by atoms with Gasteiger partial charge in [-0.1, -0.05) is 30.3 Å². The summed E-state index contributed by atoms with van der Waals surface area (Å²) in [5, 5.41) is 14.3. The van der Waals surface area contributed by atoms with Crippen LogP contribution in [0.4, 0.5) is 10.6 Å². The van der Waals surface area contributed by atoms with Crippen LogP contribution in [0, 0.1) is 0 Å². The summed E-state index contributed by atoms with van der Waals surface area (Å²) in [5.41, 5.74) is 0.0419. The Morgan fingerprint density at radius 2 is 1.76 bits per heavy atom. The minimum atomic E-state index is -1.06. The topological polar surface area (TPSA) is 164 Å². The van der Waals surface area contributed by atoms with Crippen LogP contribution in [0.5, 0.6) is 0 Å². The van der Waals surface area contributed by atoms with E-state index in [-0.39, 0.29) is 57.2 Å². The number of β-amino-alcohol motifs (C(OH)–C–C–N with tert-alkyl or cyclic N) is 1. The number of ether oxygens (including phenoxy) is 2. The Balaban J connectivity index is 1.54. The number of nitrogens with one attached hydrogen (secondary N) is 1. The third-order valence-electron chi connectivity index (χ3n) is 7.14. The fourth-order valence-electron chi connectivity index (χ4n) is 4.99. The number of aliphatic hydroxyl groups is 1. The van der Waals surface area contributed by atoms with Crippen molar-refractivity contribution in [1.82, 2.24) is 25.2 Å². The van der Waals surface area contributed by atoms with E-state index in [2.05, 4.69) is 15.3 Å². The number of aromatic nitrogens is 2. The predicted octanol–water partition coefficient (Wildman–Crippen LogP) is 2.17. The standard InChI is InChI=1S/C31H42N6O8/c1-5-43-30(42)45-37-17-15-35(16-18-37)29(41)23(11-12-26(39)44-31(2,3)4)33-28(40)24-19-25(36-14-13-22(38)20-36)34-27(32-24)21-9-7-6-8-10-21/h6-10,19,22-23,38H,5,11-18,20H2,1-4H3,(H,33,40)/t22-,23+/m1/s1. The molecule has 3 heterocycles. The lowest BCUT2D eigenvalue weighted by Crippen LogP contribution is -2.55. The average molecular weight is 627 g/mol. The first kappa shape index (κ1) is 33.6. The van der Waals surface area contributed by atoms with Gasteiger partial charge in [0.1, 0.15) is 23.2 Å². The lowest BCUT2D eigenvalue weighted by Gasteiger charge is -2.35. The number of amides is 2. The van der Waals surface area contributed by atoms with E-state index in [9.17, 15) is 24.3 Å². The number of anilines is 1. The average Bonchev–Trinajstić information content (AvgIpc) is 3.45. The number of benzene rings is 1. The first-order valence-electron chi connectivity index (χ1n) is 15.2. The lowest BCUT2D eigenvalue weighted by atomic mass is 10.1. The molecule has 2 fully saturated rings. The van der Waals surface area contributed by atoms with Crippen molar-refractivity contribution in [2.75, 3.05) is 50.8 Å². The van der Waals surface area contributed by atoms with Crippen molar-refractivity contribution in [2.24, 2.45) is 0 Å². The zero-order valence-electron chi connectivity index (χ0n) is 26.2. The van der Waals surface area contributed by atoms with Crippen LogP contribution < -0.4 is 10.2 Å². The molecule has 0 aliphatic carbocycles. The quantitative estimate of drug-likeness (QED) is 0.370. The first-order chi connectivity index (χ1) is 21.4. The van der Waals surface area contributed by atoms with Gasteiger partial charge in [0.15, 0.2) is 5.82 Å². The number of carbonyl (C=O) groups excluding carboxylic acids is 4. The molecule has 0 spiro atoms. The smallest absolute Gasteiger partial charge is 0.460 e. The Labute approximate surface area is 262 Å². The van der Waals surface area contributed by atoms with E-state index in [0.717, 1.165) is 0 Å². The third kappa shape index (κ3) is 9.85. The second kappa shape index (κ2) is 15.1. The van der Waals surface area contributed by atoms with E-state index < -0.39 is 35.8 Å². The molecule has 14 heteroatoms. The molecule has 0 bridgehead atoms. The van der Waals surface area contributed by atoms with Crippen molar-refractivity contribution >= 4 is 29.8 Å². The van der Waals surface area contributed by atoms with Gasteiger partial charge in [0.2, 0.25) is 5.91 Å². The van der Waals surface area contributed by atoms with Crippen LogP contribution in [0.1, 0.15) is 57.4 Å². The van der Waals surface area contributed by atoms with E-state index in [1.807, 2.05) is 35.2 Å². The number of hydroxylamine groups is 2. The highest BCUT2D eigenvalue weighted by Gasteiger charge is 2.32. The predicted molar refractivity (Wildman–Crippen MR) is 163 cm³/mol. The normalized spacial score (nSPS) is 17.8. The number of esters is 1. The number of carbonyl (C=O) groups is 4. The Morgan fingerprint density at radius 1 is 1.04 bits per heavy atom. The summed E-state index contributed by atoms with van der Waals surface area (Å²) < 4.78 is 10.2. The highest BCUT2D eigenvalue weighted by Crippen LogP contribution is 2.24. The molecule has 45 heavy (non-hydrogen) atoms. The Morgan fingerprint density at radius 3 is 2.38 bits per heavy atom. The van der Waals surface area contributed by atoms with Gasteiger partial charge in [-0.25, -0.2) is 14.8 Å². The van der Waals surface area contributed by atoms with Crippen LogP contribution >= 0.6 is 0 Å². The van der Waals surface area contributed by atoms with Gasteiger partial charge in [-0.15, -0.1) is 5.06 Å². The van der Waals surface area contributed by atoms with Gasteiger partial charge in [-0.3, -0.25) is 14.4 Å². The van der Waals surface area contributed by atoms with Gasteiger partial charge in [-0.05, 0) is 40.5 Å². The number of aliphatic hydroxyl groups excluding tert-OH is 1. The van der Waals surface area contributed by atoms with Gasteiger partial charge in [0, 0.05) is 44.2 Å². The number of hydrogen-bond acceptors (Lipinski definition) is 12. The first-order valence-corrected chi connectivity index (χ1v) is 15.2. The fraction of sp³-hybridized carbons (Fsp3) is 0.548. The van der Waals surface area contributed by atoms with Crippen LogP contribution in [0.2, 0.25) is 0 Å². The zero-order valence-corrected chi connectivity index (χ0v) is 26.2. The Hall–Kier alpha value is -4.30. The molecule has 1 aromatic carbocycles. The SMILES string of the molecule is CCOC(=O)ON1CCN(C(=O)[C@H](CCC(=O)OC(C)(C)C)NC(=O)c2cc(N3CC[C@@H](O)C3)nc(-c3ccccc3)n2)CC1. The van der Waals surface area contributed by atoms with Crippen LogP contribution in [-0.4, -0.2) is 113 Å². The molecule has 2 N–H and O–H groups in total. The molecule has 1 aromatic heterocycles. The summed E-state index contributed by atoms with van der Waals surface area (Å²) in [6.45, 7) is 8.99. The van der Waals surface area contributed by atoms with Crippen molar-refractivity contribution < 1.29 is 38.6 Å². The van der Waals surface area contributed by atoms with Crippen LogP contribution in [0.3, 0.4) is 0 Å². The number of hydrogen-bond donors (Lipinski definition) is 2. The molecule has 2 atom stereocenters. The molecule has 2 aliphatic heterocycles. The van der Waals surface area contributed by atoms with Crippen molar-refractivity contribution in [2.45, 2.75) is 64.7 Å². The van der Waals surface area contributed by atoms with E-state index >= 15 is 0 Å². The van der Waals surface area contributed by atoms with Crippen molar-refractivity contribution in [3.63, 3.8) is 0 Å². The van der Waals surface area contributed by atoms with Crippen LogP contribution in [-0.2, 0) is 23.9 Å². The molecular formula is C31H42N6O8. The molecule has 244 valence electrons. The van der Waals surface area contributed by atoms with Gasteiger partial charge >= 0.3 is 12.1 Å². The Kier molecular flexibility index (Phi) is 11.3. The number of nitrogens with zero attached hydrogens (tertiary/aromatic N) is 5. The number of rotatable bonds is 10. The largest absolute Gasteiger partial charge is 0.527 e. The minimum Gasteiger partial charge on any atom is -0.460 e. The minimum absolute atomic E-state index is 0.000821. The van der Waals surface area contributed by atoms with Gasteiger partial charge in [-0.2, -0.15) is 0 Å². The van der Waals surface area contributed by atoms with E-state index in [1.165, 1.54) is 5.06 Å². The van der Waals surface area contributed by atoms with Gasteiger partial charge < -0.3 is 34.5 Å². The van der Waals surface area contributed by atoms with Crippen LogP contribution in [0.25, 0.3) is 11.4 Å². The molecule has 2 aliphatic rings. The molecular weight excluding hydrogens is 584 g/mol. The molecule has 4 rings (SSSR count). The molecule has 0 unspecified atom stereocenters. The highest BCUT2D eigenvalue weighted by atomic mass is 16.8. The summed E-state index contributed by atoms with van der Waals surface area (Å²) in [6.07, 6.45) is -0.847. The van der Waals surface area contributed by atoms with Crippen molar-refractivity contribution in [3.05, 3.63) is 42.1 Å². The summed E-state index contributed by atoms with van der Waals surface area (Å²) in [5.74, 6) is -0.676. The second-order valence-electron chi connectivity index (χ2n) is 11.9. The molecule has 0 saturated carbocycles. The monoisotopic (exact) mass is 626 g/mol. The molecule has 14 nitrogen and oxygen atoms in total. The Bertz CT molecular complexity index is 1340. The maximum Gasteiger partial charge on any atom is 0.527 e. The summed E-state index contributed by atoms with van der Waals surface area (Å²) in [4.78, 5) is 69.5. The highest BCUT2D eigenvalue weighted by molar-refractivity contribution is 5.97. The maximum absolute atomic E-state index is 13.7. The summed E-state index contributed by atoms with van der Waals surface area (Å²) in [7, 11) is 0. The number of piperazine rings is 1. The second-order valence-corrected chi connectivity index (χ2v) is 11.9. The lowest BCUT2D eigenvalue weighted by molar-refractivity contribution is -0.158. The molecule has 0 radical (unpaired) electrons. The van der Waals surface area contributed by atoms with Gasteiger partial charge in [0.25, 0.3) is 5.91 Å². The third-order valence-corrected chi connectivity index (χ3v) is 7.14. The van der Waals surface area contributed by atoms with Gasteiger partial charge in [0.05, 0.1) is 25.8 Å². The summed E-state index contributed by atoms with van der Waals surface area (Å²) in [6, 6.07) is 9.69. The summed E-state index contributed by atoms with van der Waals surface area (Å²) >= 11 is 0. The van der Waals surface area contributed by atoms with E-state index in [0.29, 0.717) is 36.7 Å². The van der Waals surface area contributed by atoms with Crippen LogP contribution in [0.15, 0.2) is 36.4 Å².